The predicted molar refractivity (Wildman–Crippen MR) is 96.3 cm³/mol. The van der Waals surface area contributed by atoms with Gasteiger partial charge in [0.15, 0.2) is 11.0 Å². The summed E-state index contributed by atoms with van der Waals surface area (Å²) in [5.41, 5.74) is 0.969. The number of thioether (sulfide) groups is 1. The Morgan fingerprint density at radius 2 is 1.92 bits per heavy atom. The molecule has 7 heteroatoms. The third-order valence-electron chi connectivity index (χ3n) is 3.46. The lowest BCUT2D eigenvalue weighted by molar-refractivity contribution is -0.120. The number of nitrogens with one attached hydrogen (secondary N) is 1. The van der Waals surface area contributed by atoms with E-state index in [9.17, 15) is 4.79 Å². The minimum absolute atomic E-state index is 0.00616. The normalized spacial score (nSPS) is 12.2. The highest BCUT2D eigenvalue weighted by molar-refractivity contribution is 8.00. The van der Waals surface area contributed by atoms with E-state index in [2.05, 4.69) is 15.5 Å². The number of carbonyl (C=O) groups excluding carboxylic acids is 1. The minimum atomic E-state index is -0.231. The van der Waals surface area contributed by atoms with Crippen molar-refractivity contribution in [3.05, 3.63) is 24.3 Å². The van der Waals surface area contributed by atoms with Gasteiger partial charge >= 0.3 is 0 Å². The zero-order chi connectivity index (χ0) is 17.7. The molecule has 0 unspecified atom stereocenters. The molecule has 0 fully saturated rings. The molecule has 1 aromatic carbocycles. The zero-order valence-corrected chi connectivity index (χ0v) is 15.6. The highest BCUT2D eigenvalue weighted by Gasteiger charge is 2.20. The first kappa shape index (κ1) is 18.3. The number of hydrogen-bond donors (Lipinski definition) is 1. The second-order valence-electron chi connectivity index (χ2n) is 5.70. The van der Waals surface area contributed by atoms with Gasteiger partial charge in [0.05, 0.1) is 12.4 Å². The third kappa shape index (κ3) is 4.29. The van der Waals surface area contributed by atoms with Crippen molar-refractivity contribution in [1.82, 2.24) is 20.1 Å². The fraction of sp³-hybridized carbons (Fsp3) is 0.471. The smallest absolute Gasteiger partial charge is 0.233 e. The summed E-state index contributed by atoms with van der Waals surface area (Å²) in [6, 6.07) is 7.83. The zero-order valence-electron chi connectivity index (χ0n) is 14.7. The highest BCUT2D eigenvalue weighted by atomic mass is 32.2. The van der Waals surface area contributed by atoms with E-state index in [1.54, 1.807) is 7.11 Å². The summed E-state index contributed by atoms with van der Waals surface area (Å²) in [5, 5.41) is 12.0. The Bertz CT molecular complexity index is 682. The number of methoxy groups -OCH3 is 1. The van der Waals surface area contributed by atoms with Crippen LogP contribution < -0.4 is 10.1 Å². The second kappa shape index (κ2) is 8.19. The van der Waals surface area contributed by atoms with Gasteiger partial charge in [0.2, 0.25) is 5.91 Å². The quantitative estimate of drug-likeness (QED) is 0.779. The average molecular weight is 348 g/mol. The first-order chi connectivity index (χ1) is 11.5. The molecule has 2 aromatic rings. The monoisotopic (exact) mass is 348 g/mol. The molecule has 6 nitrogen and oxygen atoms in total. The largest absolute Gasteiger partial charge is 0.497 e. The van der Waals surface area contributed by atoms with Crippen LogP contribution in [-0.2, 0) is 11.3 Å². The lowest BCUT2D eigenvalue weighted by Gasteiger charge is -2.14. The Morgan fingerprint density at radius 1 is 1.25 bits per heavy atom. The summed E-state index contributed by atoms with van der Waals surface area (Å²) >= 11 is 1.42. The van der Waals surface area contributed by atoms with Crippen LogP contribution in [0.5, 0.6) is 5.75 Å². The van der Waals surface area contributed by atoms with Crippen LogP contribution in [0.4, 0.5) is 0 Å². The van der Waals surface area contributed by atoms with Gasteiger partial charge in [-0.15, -0.1) is 10.2 Å². The Hall–Kier alpha value is -2.02. The molecule has 130 valence electrons. The molecule has 0 saturated carbocycles. The van der Waals surface area contributed by atoms with Crippen LogP contribution in [0.1, 0.15) is 27.7 Å². The predicted octanol–water partition coefficient (Wildman–Crippen LogP) is 2.98. The molecule has 0 spiro atoms. The molecule has 1 heterocycles. The molecule has 1 N–H and O–H groups in total. The first-order valence-electron chi connectivity index (χ1n) is 8.00. The lowest BCUT2D eigenvalue weighted by Crippen LogP contribution is -2.36. The van der Waals surface area contributed by atoms with E-state index in [1.807, 2.05) is 56.5 Å². The Kier molecular flexibility index (Phi) is 6.25. The summed E-state index contributed by atoms with van der Waals surface area (Å²) in [6.07, 6.45) is 0. The minimum Gasteiger partial charge on any atom is -0.497 e. The number of amides is 1. The number of ether oxygens (including phenoxy) is 1. The van der Waals surface area contributed by atoms with E-state index in [-0.39, 0.29) is 17.2 Å². The number of nitrogens with zero attached hydrogens (tertiary/aromatic N) is 3. The van der Waals surface area contributed by atoms with Gasteiger partial charge in [-0.25, -0.2) is 0 Å². The average Bonchev–Trinajstić information content (AvgIpc) is 2.96. The van der Waals surface area contributed by atoms with Crippen LogP contribution in [0.2, 0.25) is 0 Å². The van der Waals surface area contributed by atoms with Crippen LogP contribution in [0.25, 0.3) is 11.4 Å². The van der Waals surface area contributed by atoms with Gasteiger partial charge in [0.25, 0.3) is 0 Å². The number of benzene rings is 1. The van der Waals surface area contributed by atoms with Crippen LogP contribution in [-0.4, -0.2) is 39.1 Å². The summed E-state index contributed by atoms with van der Waals surface area (Å²) < 4.78 is 7.21. The standard InChI is InChI=1S/C17H24N4O2S/c1-6-21-15(13-7-9-14(23-5)10-8-13)19-20-17(21)24-12(4)16(22)18-11(2)3/h7-12H,6H2,1-5H3,(H,18,22)/t12-/m1/s1. The summed E-state index contributed by atoms with van der Waals surface area (Å²) in [7, 11) is 1.64. The Balaban J connectivity index is 2.20. The van der Waals surface area contributed by atoms with E-state index in [0.717, 1.165) is 28.8 Å². The van der Waals surface area contributed by atoms with Crippen LogP contribution in [0.15, 0.2) is 29.4 Å². The molecule has 1 atom stereocenters. The maximum absolute atomic E-state index is 12.1. The number of aromatic nitrogens is 3. The molecule has 24 heavy (non-hydrogen) atoms. The van der Waals surface area contributed by atoms with E-state index in [1.165, 1.54) is 11.8 Å². The van der Waals surface area contributed by atoms with Gasteiger partial charge in [-0.2, -0.15) is 0 Å². The fourth-order valence-electron chi connectivity index (χ4n) is 2.23. The molecule has 0 saturated heterocycles. The van der Waals surface area contributed by atoms with Crippen molar-refractivity contribution in [1.29, 1.82) is 0 Å². The van der Waals surface area contributed by atoms with Crippen molar-refractivity contribution in [2.24, 2.45) is 0 Å². The molecule has 0 radical (unpaired) electrons. The summed E-state index contributed by atoms with van der Waals surface area (Å²) in [4.78, 5) is 12.1. The van der Waals surface area contributed by atoms with E-state index < -0.39 is 0 Å². The Labute approximate surface area is 147 Å². The Morgan fingerprint density at radius 3 is 2.46 bits per heavy atom. The molecule has 1 aromatic heterocycles. The molecular weight excluding hydrogens is 324 g/mol. The lowest BCUT2D eigenvalue weighted by atomic mass is 10.2. The van der Waals surface area contributed by atoms with Gasteiger partial charge in [-0.1, -0.05) is 11.8 Å². The van der Waals surface area contributed by atoms with E-state index in [4.69, 9.17) is 4.74 Å². The number of hydrogen-bond acceptors (Lipinski definition) is 5. The van der Waals surface area contributed by atoms with Crippen LogP contribution in [0, 0.1) is 0 Å². The molecule has 0 aliphatic carbocycles. The molecule has 1 amide bonds. The van der Waals surface area contributed by atoms with Crippen molar-refractivity contribution in [2.75, 3.05) is 7.11 Å². The van der Waals surface area contributed by atoms with Crippen molar-refractivity contribution in [3.8, 4) is 17.1 Å². The first-order valence-corrected chi connectivity index (χ1v) is 8.88. The van der Waals surface area contributed by atoms with Gasteiger partial charge in [0, 0.05) is 18.2 Å². The van der Waals surface area contributed by atoms with Gasteiger partial charge in [-0.3, -0.25) is 4.79 Å². The molecule has 2 rings (SSSR count). The number of carbonyl (C=O) groups is 1. The second-order valence-corrected chi connectivity index (χ2v) is 7.01. The highest BCUT2D eigenvalue weighted by Crippen LogP contribution is 2.27. The van der Waals surface area contributed by atoms with Gasteiger partial charge in [0.1, 0.15) is 5.75 Å². The molecule has 0 aliphatic heterocycles. The number of rotatable bonds is 7. The van der Waals surface area contributed by atoms with Crippen molar-refractivity contribution in [3.63, 3.8) is 0 Å². The summed E-state index contributed by atoms with van der Waals surface area (Å²) in [6.45, 7) is 8.55. The van der Waals surface area contributed by atoms with Crippen molar-refractivity contribution in [2.45, 2.75) is 50.7 Å². The van der Waals surface area contributed by atoms with Crippen molar-refractivity contribution >= 4 is 17.7 Å². The summed E-state index contributed by atoms with van der Waals surface area (Å²) in [5.74, 6) is 1.60. The van der Waals surface area contributed by atoms with Gasteiger partial charge in [-0.05, 0) is 52.0 Å². The maximum Gasteiger partial charge on any atom is 0.233 e. The molecular formula is C17H24N4O2S. The third-order valence-corrected chi connectivity index (χ3v) is 4.54. The van der Waals surface area contributed by atoms with Crippen molar-refractivity contribution < 1.29 is 9.53 Å². The maximum atomic E-state index is 12.1. The van der Waals surface area contributed by atoms with E-state index in [0.29, 0.717) is 0 Å². The SMILES string of the molecule is CCn1c(S[C@H](C)C(=O)NC(C)C)nnc1-c1ccc(OC)cc1. The molecule has 0 bridgehead atoms. The molecule has 0 aliphatic rings. The van der Waals surface area contributed by atoms with E-state index >= 15 is 0 Å². The topological polar surface area (TPSA) is 69.0 Å². The van der Waals surface area contributed by atoms with Crippen LogP contribution >= 0.6 is 11.8 Å². The fourth-order valence-corrected chi connectivity index (χ4v) is 3.15. The van der Waals surface area contributed by atoms with Crippen LogP contribution in [0.3, 0.4) is 0 Å². The van der Waals surface area contributed by atoms with Gasteiger partial charge < -0.3 is 14.6 Å².